The van der Waals surface area contributed by atoms with E-state index < -0.39 is 0 Å². The van der Waals surface area contributed by atoms with Crippen molar-refractivity contribution in [1.29, 1.82) is 0 Å². The van der Waals surface area contributed by atoms with Crippen molar-refractivity contribution in [3.63, 3.8) is 0 Å². The molecule has 0 N–H and O–H groups in total. The van der Waals surface area contributed by atoms with Crippen LogP contribution in [-0.4, -0.2) is 12.3 Å². The molecule has 0 heterocycles. The van der Waals surface area contributed by atoms with Gasteiger partial charge in [-0.2, -0.15) is 0 Å². The summed E-state index contributed by atoms with van der Waals surface area (Å²) < 4.78 is 0. The fourth-order valence-electron chi connectivity index (χ4n) is 1.33. The molecule has 14 heavy (non-hydrogen) atoms. The Morgan fingerprint density at radius 1 is 1.29 bits per heavy atom. The van der Waals surface area contributed by atoms with Crippen molar-refractivity contribution in [1.82, 2.24) is 0 Å². The lowest BCUT2D eigenvalue weighted by atomic mass is 10.1. The van der Waals surface area contributed by atoms with Crippen molar-refractivity contribution < 1.29 is 0 Å². The van der Waals surface area contributed by atoms with Crippen LogP contribution in [0.2, 0.25) is 0 Å². The molecule has 1 nitrogen and oxygen atoms in total. The lowest BCUT2D eigenvalue weighted by Crippen LogP contribution is -1.97. The van der Waals surface area contributed by atoms with Crippen molar-refractivity contribution in [2.45, 2.75) is 39.2 Å². The monoisotopic (exact) mass is 189 g/mol. The van der Waals surface area contributed by atoms with Gasteiger partial charge in [0.15, 0.2) is 0 Å². The van der Waals surface area contributed by atoms with E-state index in [1.165, 1.54) is 24.8 Å². The van der Waals surface area contributed by atoms with Gasteiger partial charge in [-0.1, -0.05) is 50.1 Å². The number of aliphatic imine (C=N–C) groups is 1. The van der Waals surface area contributed by atoms with Crippen molar-refractivity contribution in [2.24, 2.45) is 4.99 Å². The molecule has 0 fully saturated rings. The Bertz CT molecular complexity index is 264. The molecule has 1 heteroatoms. The summed E-state index contributed by atoms with van der Waals surface area (Å²) in [5.74, 6) is 0. The molecule has 0 aromatic heterocycles. The zero-order chi connectivity index (χ0) is 10.2. The van der Waals surface area contributed by atoms with Gasteiger partial charge in [-0.15, -0.1) is 0 Å². The summed E-state index contributed by atoms with van der Waals surface area (Å²) in [6, 6.07) is 10.7. The van der Waals surface area contributed by atoms with Gasteiger partial charge in [0.1, 0.15) is 0 Å². The number of unbranched alkanes of at least 4 members (excludes halogenated alkanes) is 1. The number of hydrogen-bond donors (Lipinski definition) is 0. The van der Waals surface area contributed by atoms with Gasteiger partial charge >= 0.3 is 0 Å². The minimum atomic E-state index is 0.454. The summed E-state index contributed by atoms with van der Waals surface area (Å²) in [7, 11) is 0. The molecule has 1 aromatic rings. The predicted molar refractivity (Wildman–Crippen MR) is 63.0 cm³/mol. The first-order valence-corrected chi connectivity index (χ1v) is 5.41. The minimum Gasteiger partial charge on any atom is -0.290 e. The maximum atomic E-state index is 4.51. The van der Waals surface area contributed by atoms with Gasteiger partial charge in [-0.25, -0.2) is 0 Å². The van der Waals surface area contributed by atoms with Crippen LogP contribution in [0.3, 0.4) is 0 Å². The van der Waals surface area contributed by atoms with Gasteiger partial charge in [0.05, 0.1) is 0 Å². The molecular weight excluding hydrogens is 170 g/mol. The zero-order valence-electron chi connectivity index (χ0n) is 9.11. The molecule has 0 aliphatic rings. The van der Waals surface area contributed by atoms with Crippen LogP contribution >= 0.6 is 0 Å². The fourth-order valence-corrected chi connectivity index (χ4v) is 1.33. The first-order chi connectivity index (χ1) is 6.83. The number of rotatable bonds is 5. The predicted octanol–water partition coefficient (Wildman–Crippen LogP) is 3.68. The highest BCUT2D eigenvalue weighted by molar-refractivity contribution is 5.79. The summed E-state index contributed by atoms with van der Waals surface area (Å²) in [6.07, 6.45) is 5.69. The summed E-state index contributed by atoms with van der Waals surface area (Å²) in [5, 5.41) is 0. The van der Waals surface area contributed by atoms with Crippen LogP contribution < -0.4 is 0 Å². The van der Waals surface area contributed by atoms with Gasteiger partial charge in [-0.05, 0) is 18.9 Å². The number of benzene rings is 1. The molecule has 0 radical (unpaired) electrons. The second-order valence-electron chi connectivity index (χ2n) is 3.68. The third kappa shape index (κ3) is 4.22. The van der Waals surface area contributed by atoms with Crippen LogP contribution in [-0.2, 0) is 0 Å². The molecule has 0 saturated carbocycles. The van der Waals surface area contributed by atoms with E-state index in [0.29, 0.717) is 6.04 Å². The van der Waals surface area contributed by atoms with Crippen LogP contribution in [0, 0.1) is 0 Å². The summed E-state index contributed by atoms with van der Waals surface area (Å²) in [4.78, 5) is 4.51. The van der Waals surface area contributed by atoms with Crippen molar-refractivity contribution >= 4 is 6.21 Å². The zero-order valence-corrected chi connectivity index (χ0v) is 9.11. The van der Waals surface area contributed by atoms with Crippen molar-refractivity contribution in [2.75, 3.05) is 0 Å². The van der Waals surface area contributed by atoms with E-state index in [4.69, 9.17) is 0 Å². The average molecular weight is 189 g/mol. The van der Waals surface area contributed by atoms with Crippen molar-refractivity contribution in [3.8, 4) is 0 Å². The van der Waals surface area contributed by atoms with Gasteiger partial charge in [0, 0.05) is 12.3 Å². The average Bonchev–Trinajstić information content (AvgIpc) is 2.25. The normalized spacial score (nSPS) is 13.3. The van der Waals surface area contributed by atoms with E-state index in [0.717, 1.165) is 0 Å². The Morgan fingerprint density at radius 3 is 2.64 bits per heavy atom. The van der Waals surface area contributed by atoms with Gasteiger partial charge in [0.25, 0.3) is 0 Å². The van der Waals surface area contributed by atoms with Crippen LogP contribution in [0.15, 0.2) is 35.3 Å². The second kappa shape index (κ2) is 6.36. The molecule has 0 aliphatic heterocycles. The van der Waals surface area contributed by atoms with E-state index in [1.807, 2.05) is 24.4 Å². The van der Waals surface area contributed by atoms with E-state index in [9.17, 15) is 0 Å². The van der Waals surface area contributed by atoms with Gasteiger partial charge in [0.2, 0.25) is 0 Å². The van der Waals surface area contributed by atoms with Crippen LogP contribution in [0.1, 0.15) is 38.7 Å². The maximum Gasteiger partial charge on any atom is 0.0471 e. The minimum absolute atomic E-state index is 0.454. The molecule has 1 rings (SSSR count). The summed E-state index contributed by atoms with van der Waals surface area (Å²) in [6.45, 7) is 4.39. The highest BCUT2D eigenvalue weighted by Gasteiger charge is 1.95. The third-order valence-corrected chi connectivity index (χ3v) is 2.25. The summed E-state index contributed by atoms with van der Waals surface area (Å²) in [5.41, 5.74) is 1.19. The fraction of sp³-hybridized carbons (Fsp3) is 0.462. The van der Waals surface area contributed by atoms with Crippen LogP contribution in [0.4, 0.5) is 0 Å². The van der Waals surface area contributed by atoms with Crippen molar-refractivity contribution in [3.05, 3.63) is 35.9 Å². The Hall–Kier alpha value is -1.11. The smallest absolute Gasteiger partial charge is 0.0471 e. The van der Waals surface area contributed by atoms with Gasteiger partial charge in [-0.3, -0.25) is 4.99 Å². The molecule has 1 atom stereocenters. The van der Waals surface area contributed by atoms with Crippen LogP contribution in [0.25, 0.3) is 0 Å². The van der Waals surface area contributed by atoms with E-state index in [1.54, 1.807) is 0 Å². The molecule has 0 bridgehead atoms. The molecule has 0 aliphatic carbocycles. The molecular formula is C13H19N. The Kier molecular flexibility index (Phi) is 4.98. The van der Waals surface area contributed by atoms with Crippen LogP contribution in [0.5, 0.6) is 0 Å². The molecule has 0 amide bonds. The van der Waals surface area contributed by atoms with E-state index in [2.05, 4.69) is 31.0 Å². The Morgan fingerprint density at radius 2 is 2.00 bits per heavy atom. The Balaban J connectivity index is 2.39. The standard InChI is InChI=1S/C13H19N/c1-3-4-8-12(2)14-11-13-9-6-5-7-10-13/h5-7,9-12H,3-4,8H2,1-2H3. The topological polar surface area (TPSA) is 12.4 Å². The lowest BCUT2D eigenvalue weighted by molar-refractivity contribution is 0.619. The second-order valence-corrected chi connectivity index (χ2v) is 3.68. The first-order valence-electron chi connectivity index (χ1n) is 5.41. The first kappa shape index (κ1) is 11.0. The molecule has 0 saturated heterocycles. The molecule has 1 aromatic carbocycles. The molecule has 76 valence electrons. The summed E-state index contributed by atoms with van der Waals surface area (Å²) >= 11 is 0. The number of nitrogens with zero attached hydrogens (tertiary/aromatic N) is 1. The quantitative estimate of drug-likeness (QED) is 0.626. The van der Waals surface area contributed by atoms with E-state index >= 15 is 0 Å². The molecule has 1 unspecified atom stereocenters. The largest absolute Gasteiger partial charge is 0.290 e. The SMILES string of the molecule is CCCCC(C)N=Cc1ccccc1. The van der Waals surface area contributed by atoms with E-state index in [-0.39, 0.29) is 0 Å². The molecule has 0 spiro atoms. The lowest BCUT2D eigenvalue weighted by Gasteiger charge is -2.03. The van der Waals surface area contributed by atoms with Gasteiger partial charge < -0.3 is 0 Å². The third-order valence-electron chi connectivity index (χ3n) is 2.25. The Labute approximate surface area is 86.9 Å². The maximum absolute atomic E-state index is 4.51. The highest BCUT2D eigenvalue weighted by atomic mass is 14.7. The highest BCUT2D eigenvalue weighted by Crippen LogP contribution is 2.04. The number of hydrogen-bond acceptors (Lipinski definition) is 1.